The third-order valence-corrected chi connectivity index (χ3v) is 4.76. The number of amides is 1. The lowest BCUT2D eigenvalue weighted by Gasteiger charge is -2.13. The fourth-order valence-electron chi connectivity index (χ4n) is 2.91. The maximum Gasteiger partial charge on any atom is 0.230 e. The van der Waals surface area contributed by atoms with Crippen LogP contribution in [-0.2, 0) is 17.9 Å². The molecule has 1 aliphatic rings. The number of carbonyl (C=O) groups excluding carboxylic acids is 1. The molecule has 0 saturated heterocycles. The van der Waals surface area contributed by atoms with E-state index in [0.29, 0.717) is 23.9 Å². The van der Waals surface area contributed by atoms with Crippen LogP contribution in [0.4, 0.5) is 0 Å². The van der Waals surface area contributed by atoms with Gasteiger partial charge in [0.15, 0.2) is 5.82 Å². The summed E-state index contributed by atoms with van der Waals surface area (Å²) in [5.41, 5.74) is 1.72. The summed E-state index contributed by atoms with van der Waals surface area (Å²) in [5, 5.41) is 19.7. The van der Waals surface area contributed by atoms with Crippen molar-refractivity contribution in [1.29, 1.82) is 0 Å². The Hall–Kier alpha value is -1.96. The lowest BCUT2D eigenvalue weighted by Crippen LogP contribution is -2.33. The molecule has 0 unspecified atom stereocenters. The molecule has 1 N–H and O–H groups in total. The van der Waals surface area contributed by atoms with Crippen molar-refractivity contribution in [1.82, 2.24) is 35.3 Å². The van der Waals surface area contributed by atoms with Crippen LogP contribution in [-0.4, -0.2) is 42.4 Å². The summed E-state index contributed by atoms with van der Waals surface area (Å²) in [6.07, 6.45) is 2.75. The van der Waals surface area contributed by atoms with Crippen molar-refractivity contribution in [2.24, 2.45) is 0 Å². The fraction of sp³-hybridized carbons (Fsp3) is 0.643. The second-order valence-electron chi connectivity index (χ2n) is 5.81. The van der Waals surface area contributed by atoms with E-state index >= 15 is 0 Å². The molecule has 0 bridgehead atoms. The smallest absolute Gasteiger partial charge is 0.230 e. The van der Waals surface area contributed by atoms with Gasteiger partial charge in [0.2, 0.25) is 5.91 Å². The number of carbonyl (C=O) groups is 1. The molecule has 0 fully saturated rings. The second-order valence-corrected chi connectivity index (χ2v) is 6.19. The van der Waals surface area contributed by atoms with Gasteiger partial charge in [-0.2, -0.15) is 5.10 Å². The minimum absolute atomic E-state index is 0.0319. The van der Waals surface area contributed by atoms with Crippen LogP contribution in [0.25, 0.3) is 0 Å². The lowest BCUT2D eigenvalue weighted by molar-refractivity contribution is -0.122. The van der Waals surface area contributed by atoms with E-state index in [1.165, 1.54) is 0 Å². The maximum atomic E-state index is 12.5. The Balaban J connectivity index is 1.61. The van der Waals surface area contributed by atoms with Crippen molar-refractivity contribution in [3.8, 4) is 0 Å². The Labute approximate surface area is 139 Å². The van der Waals surface area contributed by atoms with Crippen molar-refractivity contribution >= 4 is 17.5 Å². The summed E-state index contributed by atoms with van der Waals surface area (Å²) in [7, 11) is 0. The Kier molecular flexibility index (Phi) is 4.61. The first kappa shape index (κ1) is 15.9. The number of hydrogen-bond donors (Lipinski definition) is 1. The molecule has 0 radical (unpaired) electrons. The summed E-state index contributed by atoms with van der Waals surface area (Å²) in [5.74, 6) is 0.348. The number of hydrogen-bond acceptors (Lipinski definition) is 5. The second kappa shape index (κ2) is 6.66. The van der Waals surface area contributed by atoms with Gasteiger partial charge in [0.25, 0.3) is 0 Å². The van der Waals surface area contributed by atoms with Crippen LogP contribution >= 0.6 is 11.6 Å². The van der Waals surface area contributed by atoms with Gasteiger partial charge in [0.05, 0.1) is 28.9 Å². The van der Waals surface area contributed by atoms with Crippen LogP contribution in [0.3, 0.4) is 0 Å². The van der Waals surface area contributed by atoms with Crippen LogP contribution in [0.2, 0.25) is 5.02 Å². The van der Waals surface area contributed by atoms with Gasteiger partial charge in [0, 0.05) is 13.1 Å². The summed E-state index contributed by atoms with van der Waals surface area (Å²) >= 11 is 6.13. The molecule has 0 aromatic carbocycles. The van der Waals surface area contributed by atoms with Gasteiger partial charge < -0.3 is 5.32 Å². The molecule has 8 nitrogen and oxygen atoms in total. The first-order chi connectivity index (χ1) is 11.1. The standard InChI is InChI=1S/C14H20ClN7O/c1-9-12(15)10(2)21(18-9)8-6-16-14(23)11-5-3-4-7-22-13(11)17-19-20-22/h11H,3-8H2,1-2H3,(H,16,23)/t11-/m0/s1. The fourth-order valence-corrected chi connectivity index (χ4v) is 3.04. The highest BCUT2D eigenvalue weighted by molar-refractivity contribution is 6.31. The highest BCUT2D eigenvalue weighted by Gasteiger charge is 2.28. The first-order valence-corrected chi connectivity index (χ1v) is 8.19. The molecule has 0 spiro atoms. The average molecular weight is 338 g/mol. The number of tetrazole rings is 1. The minimum atomic E-state index is -0.281. The van der Waals surface area contributed by atoms with Gasteiger partial charge in [-0.25, -0.2) is 4.68 Å². The molecular weight excluding hydrogens is 318 g/mol. The van der Waals surface area contributed by atoms with Crippen molar-refractivity contribution in [2.75, 3.05) is 6.54 Å². The molecule has 9 heteroatoms. The summed E-state index contributed by atoms with van der Waals surface area (Å²) in [6, 6.07) is 0. The zero-order chi connectivity index (χ0) is 16.4. The third-order valence-electron chi connectivity index (χ3n) is 4.22. The van der Waals surface area contributed by atoms with Crippen molar-refractivity contribution < 1.29 is 4.79 Å². The molecule has 1 atom stereocenters. The van der Waals surface area contributed by atoms with Crippen LogP contribution < -0.4 is 5.32 Å². The predicted molar refractivity (Wildman–Crippen MR) is 84.1 cm³/mol. The summed E-state index contributed by atoms with van der Waals surface area (Å²) < 4.78 is 3.55. The van der Waals surface area contributed by atoms with Gasteiger partial charge >= 0.3 is 0 Å². The molecule has 23 heavy (non-hydrogen) atoms. The van der Waals surface area contributed by atoms with Crippen LogP contribution in [0.1, 0.15) is 42.4 Å². The van der Waals surface area contributed by atoms with E-state index in [4.69, 9.17) is 11.6 Å². The average Bonchev–Trinajstić information content (AvgIpc) is 3.01. The van der Waals surface area contributed by atoms with Crippen LogP contribution in [0.15, 0.2) is 0 Å². The molecular formula is C14H20ClN7O. The molecule has 3 rings (SSSR count). The molecule has 1 aliphatic heterocycles. The quantitative estimate of drug-likeness (QED) is 0.906. The minimum Gasteiger partial charge on any atom is -0.354 e. The monoisotopic (exact) mass is 337 g/mol. The zero-order valence-corrected chi connectivity index (χ0v) is 14.0. The van der Waals surface area contributed by atoms with Gasteiger partial charge in [-0.1, -0.05) is 18.0 Å². The van der Waals surface area contributed by atoms with Crippen LogP contribution in [0.5, 0.6) is 0 Å². The van der Waals surface area contributed by atoms with Gasteiger partial charge in [0.1, 0.15) is 0 Å². The Morgan fingerprint density at radius 3 is 2.96 bits per heavy atom. The number of nitrogens with one attached hydrogen (secondary N) is 1. The molecule has 2 aromatic rings. The van der Waals surface area contributed by atoms with Gasteiger partial charge in [-0.3, -0.25) is 9.48 Å². The van der Waals surface area contributed by atoms with E-state index in [1.54, 1.807) is 4.68 Å². The molecule has 1 amide bonds. The SMILES string of the molecule is Cc1nn(CCNC(=O)[C@H]2CCCCn3nnnc32)c(C)c1Cl. The number of nitrogens with zero attached hydrogens (tertiary/aromatic N) is 6. The zero-order valence-electron chi connectivity index (χ0n) is 13.3. The largest absolute Gasteiger partial charge is 0.354 e. The molecule has 0 aliphatic carbocycles. The highest BCUT2D eigenvalue weighted by Crippen LogP contribution is 2.24. The van der Waals surface area contributed by atoms with Crippen molar-refractivity contribution in [3.05, 3.63) is 22.2 Å². The summed E-state index contributed by atoms with van der Waals surface area (Å²) in [6.45, 7) is 5.65. The van der Waals surface area contributed by atoms with Gasteiger partial charge in [-0.05, 0) is 37.1 Å². The molecule has 0 saturated carbocycles. The normalized spacial score (nSPS) is 17.6. The number of aryl methyl sites for hydroxylation is 2. The molecule has 2 aromatic heterocycles. The number of aromatic nitrogens is 6. The Morgan fingerprint density at radius 2 is 2.22 bits per heavy atom. The molecule has 124 valence electrons. The Morgan fingerprint density at radius 1 is 1.39 bits per heavy atom. The van der Waals surface area contributed by atoms with E-state index in [0.717, 1.165) is 37.2 Å². The molecule has 3 heterocycles. The van der Waals surface area contributed by atoms with E-state index in [9.17, 15) is 4.79 Å². The first-order valence-electron chi connectivity index (χ1n) is 7.81. The summed E-state index contributed by atoms with van der Waals surface area (Å²) in [4.78, 5) is 12.5. The van der Waals surface area contributed by atoms with E-state index in [1.807, 2.05) is 18.5 Å². The third kappa shape index (κ3) is 3.21. The van der Waals surface area contributed by atoms with E-state index in [-0.39, 0.29) is 11.8 Å². The number of rotatable bonds is 4. The highest BCUT2D eigenvalue weighted by atomic mass is 35.5. The lowest BCUT2D eigenvalue weighted by atomic mass is 10.0. The van der Waals surface area contributed by atoms with E-state index < -0.39 is 0 Å². The van der Waals surface area contributed by atoms with E-state index in [2.05, 4.69) is 25.9 Å². The number of fused-ring (bicyclic) bond motifs is 1. The Bertz CT molecular complexity index is 708. The van der Waals surface area contributed by atoms with Crippen molar-refractivity contribution in [3.63, 3.8) is 0 Å². The maximum absolute atomic E-state index is 12.5. The van der Waals surface area contributed by atoms with Gasteiger partial charge in [-0.15, -0.1) is 5.10 Å². The van der Waals surface area contributed by atoms with Crippen LogP contribution in [0, 0.1) is 13.8 Å². The predicted octanol–water partition coefficient (Wildman–Crippen LogP) is 1.22. The topological polar surface area (TPSA) is 90.5 Å². The number of halogens is 1. The van der Waals surface area contributed by atoms with Crippen molar-refractivity contribution in [2.45, 2.75) is 52.1 Å².